The van der Waals surface area contributed by atoms with Crippen LogP contribution in [0.15, 0.2) is 0 Å². The number of carbonyl (C=O) groups is 1. The first-order chi connectivity index (χ1) is 7.06. The molecule has 0 aliphatic heterocycles. The molecular formula is C9H14N2O2S2. The van der Waals surface area contributed by atoms with E-state index in [0.717, 1.165) is 17.4 Å². The minimum atomic E-state index is -0.894. The van der Waals surface area contributed by atoms with Gasteiger partial charge in [-0.3, -0.25) is 0 Å². The number of anilines is 1. The quantitative estimate of drug-likeness (QED) is 0.860. The highest BCUT2D eigenvalue weighted by Crippen LogP contribution is 2.25. The Hall–Kier alpha value is -0.750. The summed E-state index contributed by atoms with van der Waals surface area (Å²) in [4.78, 5) is 17.4. The van der Waals surface area contributed by atoms with Gasteiger partial charge in [0.05, 0.1) is 5.69 Å². The molecule has 0 saturated heterocycles. The molecule has 0 atom stereocenters. The van der Waals surface area contributed by atoms with E-state index >= 15 is 0 Å². The molecule has 0 amide bonds. The van der Waals surface area contributed by atoms with Crippen LogP contribution in [0.4, 0.5) is 5.13 Å². The van der Waals surface area contributed by atoms with Crippen LogP contribution in [0.25, 0.3) is 0 Å². The van der Waals surface area contributed by atoms with Crippen molar-refractivity contribution in [2.24, 2.45) is 0 Å². The number of rotatable bonds is 5. The van der Waals surface area contributed by atoms with Crippen LogP contribution in [0.2, 0.25) is 0 Å². The van der Waals surface area contributed by atoms with Crippen molar-refractivity contribution in [1.29, 1.82) is 0 Å². The van der Waals surface area contributed by atoms with Crippen LogP contribution in [0.3, 0.4) is 0 Å². The van der Waals surface area contributed by atoms with E-state index in [9.17, 15) is 4.79 Å². The van der Waals surface area contributed by atoms with Crippen molar-refractivity contribution in [1.82, 2.24) is 4.98 Å². The van der Waals surface area contributed by atoms with Crippen LogP contribution in [0.5, 0.6) is 0 Å². The lowest BCUT2D eigenvalue weighted by Gasteiger charge is -2.14. The monoisotopic (exact) mass is 246 g/mol. The van der Waals surface area contributed by atoms with Gasteiger partial charge >= 0.3 is 5.97 Å². The second kappa shape index (κ2) is 5.37. The number of hydrogen-bond donors (Lipinski definition) is 1. The van der Waals surface area contributed by atoms with E-state index in [1.165, 1.54) is 11.3 Å². The highest BCUT2D eigenvalue weighted by molar-refractivity contribution is 7.98. The highest BCUT2D eigenvalue weighted by atomic mass is 32.2. The van der Waals surface area contributed by atoms with Crippen LogP contribution in [-0.4, -0.2) is 41.7 Å². The Balaban J connectivity index is 2.78. The van der Waals surface area contributed by atoms with Crippen molar-refractivity contribution in [2.75, 3.05) is 30.5 Å². The molecule has 0 aromatic carbocycles. The molecule has 0 saturated carbocycles. The average molecular weight is 246 g/mol. The summed E-state index contributed by atoms with van der Waals surface area (Å²) in [6, 6.07) is 0. The molecule has 84 valence electrons. The summed E-state index contributed by atoms with van der Waals surface area (Å²) < 4.78 is 0. The van der Waals surface area contributed by atoms with Gasteiger partial charge in [0.2, 0.25) is 0 Å². The maximum Gasteiger partial charge on any atom is 0.347 e. The van der Waals surface area contributed by atoms with Gasteiger partial charge in [-0.15, -0.1) is 0 Å². The van der Waals surface area contributed by atoms with Crippen molar-refractivity contribution < 1.29 is 9.90 Å². The van der Waals surface area contributed by atoms with Gasteiger partial charge in [0.15, 0.2) is 5.13 Å². The minimum Gasteiger partial charge on any atom is -0.477 e. The van der Waals surface area contributed by atoms with Crippen LogP contribution >= 0.6 is 23.1 Å². The third-order valence-corrected chi connectivity index (χ3v) is 3.79. The molecular weight excluding hydrogens is 232 g/mol. The van der Waals surface area contributed by atoms with Crippen molar-refractivity contribution in [2.45, 2.75) is 6.92 Å². The lowest BCUT2D eigenvalue weighted by atomic mass is 10.4. The van der Waals surface area contributed by atoms with E-state index in [1.807, 2.05) is 18.2 Å². The Morgan fingerprint density at radius 2 is 2.33 bits per heavy atom. The molecule has 0 fully saturated rings. The van der Waals surface area contributed by atoms with Gasteiger partial charge in [-0.25, -0.2) is 9.78 Å². The molecule has 6 heteroatoms. The standard InChI is InChI=1S/C9H14N2O2S2/c1-6-7(8(12)13)15-9(10-6)11(2)4-5-14-3/h4-5H2,1-3H3,(H,12,13). The second-order valence-electron chi connectivity index (χ2n) is 3.13. The number of thioether (sulfide) groups is 1. The van der Waals surface area contributed by atoms with E-state index in [-0.39, 0.29) is 0 Å². The third-order valence-electron chi connectivity index (χ3n) is 1.94. The summed E-state index contributed by atoms with van der Waals surface area (Å²) in [7, 11) is 1.93. The molecule has 1 heterocycles. The smallest absolute Gasteiger partial charge is 0.347 e. The summed E-state index contributed by atoms with van der Waals surface area (Å²) in [6.45, 7) is 2.61. The fourth-order valence-corrected chi connectivity index (χ4v) is 2.42. The number of aryl methyl sites for hydroxylation is 1. The van der Waals surface area contributed by atoms with Gasteiger partial charge in [0, 0.05) is 19.3 Å². The van der Waals surface area contributed by atoms with Gasteiger partial charge in [-0.05, 0) is 13.2 Å². The SMILES string of the molecule is CSCCN(C)c1nc(C)c(C(=O)O)s1. The van der Waals surface area contributed by atoms with Crippen molar-refractivity contribution in [3.8, 4) is 0 Å². The van der Waals surface area contributed by atoms with Crippen molar-refractivity contribution >= 4 is 34.2 Å². The first-order valence-corrected chi connectivity index (χ1v) is 6.68. The van der Waals surface area contributed by atoms with Crippen LogP contribution in [0.1, 0.15) is 15.4 Å². The van der Waals surface area contributed by atoms with Crippen molar-refractivity contribution in [3.05, 3.63) is 10.6 Å². The Morgan fingerprint density at radius 3 is 2.80 bits per heavy atom. The van der Waals surface area contributed by atoms with E-state index in [1.54, 1.807) is 18.7 Å². The maximum atomic E-state index is 10.8. The number of nitrogens with zero attached hydrogens (tertiary/aromatic N) is 2. The molecule has 1 aromatic rings. The second-order valence-corrected chi connectivity index (χ2v) is 5.09. The Labute approximate surface area is 97.3 Å². The number of aromatic carboxylic acids is 1. The zero-order valence-corrected chi connectivity index (χ0v) is 10.6. The lowest BCUT2D eigenvalue weighted by Crippen LogP contribution is -2.19. The van der Waals surface area contributed by atoms with Gasteiger partial charge in [-0.1, -0.05) is 11.3 Å². The van der Waals surface area contributed by atoms with Gasteiger partial charge in [0.1, 0.15) is 4.88 Å². The van der Waals surface area contributed by atoms with E-state index in [0.29, 0.717) is 10.6 Å². The Morgan fingerprint density at radius 1 is 1.67 bits per heavy atom. The molecule has 4 nitrogen and oxygen atoms in total. The fourth-order valence-electron chi connectivity index (χ4n) is 1.07. The topological polar surface area (TPSA) is 53.4 Å². The van der Waals surface area contributed by atoms with Gasteiger partial charge in [-0.2, -0.15) is 11.8 Å². The molecule has 1 aromatic heterocycles. The number of aromatic nitrogens is 1. The summed E-state index contributed by atoms with van der Waals surface area (Å²) >= 11 is 2.99. The Bertz CT molecular complexity index is 352. The van der Waals surface area contributed by atoms with Gasteiger partial charge in [0.25, 0.3) is 0 Å². The van der Waals surface area contributed by atoms with E-state index in [4.69, 9.17) is 5.11 Å². The Kier molecular flexibility index (Phi) is 4.41. The molecule has 0 aliphatic rings. The van der Waals surface area contributed by atoms with Gasteiger partial charge < -0.3 is 10.0 Å². The summed E-state index contributed by atoms with van der Waals surface area (Å²) in [6.07, 6.45) is 2.05. The normalized spacial score (nSPS) is 10.3. The predicted molar refractivity (Wildman–Crippen MR) is 65.5 cm³/mol. The molecule has 0 aliphatic carbocycles. The molecule has 0 bridgehead atoms. The third kappa shape index (κ3) is 3.10. The summed E-state index contributed by atoms with van der Waals surface area (Å²) in [5.74, 6) is 0.117. The van der Waals surface area contributed by atoms with E-state index < -0.39 is 5.97 Å². The largest absolute Gasteiger partial charge is 0.477 e. The molecule has 0 spiro atoms. The maximum absolute atomic E-state index is 10.8. The summed E-state index contributed by atoms with van der Waals surface area (Å²) in [5, 5.41) is 9.66. The zero-order valence-electron chi connectivity index (χ0n) is 8.98. The first kappa shape index (κ1) is 12.3. The average Bonchev–Trinajstić information content (AvgIpc) is 2.56. The number of hydrogen-bond acceptors (Lipinski definition) is 5. The number of thiazole rings is 1. The van der Waals surface area contributed by atoms with Crippen molar-refractivity contribution in [3.63, 3.8) is 0 Å². The van der Waals surface area contributed by atoms with Crippen LogP contribution in [0, 0.1) is 6.92 Å². The van der Waals surface area contributed by atoms with E-state index in [2.05, 4.69) is 4.98 Å². The zero-order chi connectivity index (χ0) is 11.4. The molecule has 0 unspecified atom stereocenters. The van der Waals surface area contributed by atoms with Crippen LogP contribution in [-0.2, 0) is 0 Å². The number of carboxylic acid groups (broad SMARTS) is 1. The molecule has 1 N–H and O–H groups in total. The molecule has 0 radical (unpaired) electrons. The van der Waals surface area contributed by atoms with Crippen LogP contribution < -0.4 is 4.90 Å². The fraction of sp³-hybridized carbons (Fsp3) is 0.556. The number of carboxylic acids is 1. The molecule has 1 rings (SSSR count). The minimum absolute atomic E-state index is 0.334. The highest BCUT2D eigenvalue weighted by Gasteiger charge is 2.15. The lowest BCUT2D eigenvalue weighted by molar-refractivity contribution is 0.0701. The molecule has 15 heavy (non-hydrogen) atoms. The summed E-state index contributed by atoms with van der Waals surface area (Å²) in [5.41, 5.74) is 0.596. The predicted octanol–water partition coefficient (Wildman–Crippen LogP) is 1.95. The first-order valence-electron chi connectivity index (χ1n) is 4.47.